The fraction of sp³-hybridized carbons (Fsp3) is 0.148. The fourth-order valence-electron chi connectivity index (χ4n) is 3.99. The first-order chi connectivity index (χ1) is 17.0. The quantitative estimate of drug-likeness (QED) is 0.397. The number of rotatable bonds is 7. The topological polar surface area (TPSA) is 92.3 Å². The molecule has 0 aliphatic carbocycles. The Morgan fingerprint density at radius 2 is 1.80 bits per heavy atom. The molecule has 0 spiro atoms. The summed E-state index contributed by atoms with van der Waals surface area (Å²) in [5.41, 5.74) is 4.64. The third-order valence-electron chi connectivity index (χ3n) is 5.85. The number of thiazole rings is 1. The van der Waals surface area contributed by atoms with Gasteiger partial charge in [-0.05, 0) is 49.2 Å². The van der Waals surface area contributed by atoms with E-state index in [0.29, 0.717) is 29.8 Å². The van der Waals surface area contributed by atoms with Gasteiger partial charge in [-0.1, -0.05) is 30.3 Å². The Hall–Kier alpha value is -4.17. The number of hydrogen-bond donors (Lipinski definition) is 1. The van der Waals surface area contributed by atoms with Gasteiger partial charge >= 0.3 is 0 Å². The van der Waals surface area contributed by atoms with E-state index in [0.717, 1.165) is 26.7 Å². The molecular formula is C27H22N4O3S. The second-order valence-electron chi connectivity index (χ2n) is 8.23. The molecule has 2 aromatic heterocycles. The van der Waals surface area contributed by atoms with E-state index in [-0.39, 0.29) is 23.9 Å². The minimum Gasteiger partial charge on any atom is -0.352 e. The lowest BCUT2D eigenvalue weighted by Crippen LogP contribution is -2.29. The van der Waals surface area contributed by atoms with Crippen molar-refractivity contribution in [3.63, 3.8) is 0 Å². The molecule has 4 aromatic rings. The summed E-state index contributed by atoms with van der Waals surface area (Å²) in [6.07, 6.45) is 2.29. The van der Waals surface area contributed by atoms with Crippen molar-refractivity contribution in [2.75, 3.05) is 6.54 Å². The summed E-state index contributed by atoms with van der Waals surface area (Å²) in [4.78, 5) is 48.1. The van der Waals surface area contributed by atoms with Gasteiger partial charge < -0.3 is 5.32 Å². The Bertz CT molecular complexity index is 1410. The van der Waals surface area contributed by atoms with Crippen LogP contribution in [-0.4, -0.2) is 39.1 Å². The van der Waals surface area contributed by atoms with Crippen LogP contribution in [0.4, 0.5) is 0 Å². The molecule has 2 aromatic carbocycles. The molecule has 0 radical (unpaired) electrons. The summed E-state index contributed by atoms with van der Waals surface area (Å²) in [5.74, 6) is -1.08. The van der Waals surface area contributed by atoms with Crippen LogP contribution in [0.3, 0.4) is 0 Å². The minimum absolute atomic E-state index is 0.0928. The first-order valence-corrected chi connectivity index (χ1v) is 12.1. The average Bonchev–Trinajstić information content (AvgIpc) is 3.42. The maximum Gasteiger partial charge on any atom is 0.261 e. The molecule has 174 valence electrons. The molecule has 8 heteroatoms. The lowest BCUT2D eigenvalue weighted by atomic mass is 10.0. The largest absolute Gasteiger partial charge is 0.352 e. The molecule has 0 unspecified atom stereocenters. The van der Waals surface area contributed by atoms with Crippen molar-refractivity contribution < 1.29 is 14.4 Å². The van der Waals surface area contributed by atoms with Crippen LogP contribution in [0.15, 0.2) is 72.2 Å². The molecular weight excluding hydrogens is 460 g/mol. The lowest BCUT2D eigenvalue weighted by molar-refractivity contribution is 0.0640. The van der Waals surface area contributed by atoms with Crippen molar-refractivity contribution in [1.29, 1.82) is 0 Å². The fourth-order valence-corrected chi connectivity index (χ4v) is 4.61. The number of hydrogen-bond acceptors (Lipinski definition) is 6. The van der Waals surface area contributed by atoms with E-state index in [9.17, 15) is 14.4 Å². The zero-order chi connectivity index (χ0) is 24.4. The minimum atomic E-state index is -0.416. The molecule has 0 bridgehead atoms. The maximum absolute atomic E-state index is 12.9. The number of nitrogens with zero attached hydrogens (tertiary/aromatic N) is 3. The highest BCUT2D eigenvalue weighted by atomic mass is 32.1. The van der Waals surface area contributed by atoms with Gasteiger partial charge in [0.15, 0.2) is 0 Å². The molecule has 0 fully saturated rings. The normalized spacial score (nSPS) is 12.7. The highest BCUT2D eigenvalue weighted by Gasteiger charge is 2.36. The monoisotopic (exact) mass is 482 g/mol. The number of aromatic nitrogens is 2. The van der Waals surface area contributed by atoms with Gasteiger partial charge in [-0.2, -0.15) is 0 Å². The second kappa shape index (κ2) is 9.60. The van der Waals surface area contributed by atoms with Gasteiger partial charge in [0, 0.05) is 29.2 Å². The van der Waals surface area contributed by atoms with Crippen molar-refractivity contribution in [2.45, 2.75) is 19.9 Å². The van der Waals surface area contributed by atoms with Gasteiger partial charge in [0.25, 0.3) is 17.7 Å². The predicted molar refractivity (Wildman–Crippen MR) is 133 cm³/mol. The summed E-state index contributed by atoms with van der Waals surface area (Å²) in [7, 11) is 0. The van der Waals surface area contributed by atoms with E-state index in [1.807, 2.05) is 36.6 Å². The van der Waals surface area contributed by atoms with Crippen LogP contribution >= 0.6 is 11.3 Å². The van der Waals surface area contributed by atoms with Crippen molar-refractivity contribution in [1.82, 2.24) is 20.2 Å². The molecule has 5 rings (SSSR count). The van der Waals surface area contributed by atoms with Gasteiger partial charge in [0.05, 0.1) is 34.1 Å². The Balaban J connectivity index is 1.20. The van der Waals surface area contributed by atoms with Crippen LogP contribution < -0.4 is 5.32 Å². The second-order valence-corrected chi connectivity index (χ2v) is 9.29. The first-order valence-electron chi connectivity index (χ1n) is 11.2. The summed E-state index contributed by atoms with van der Waals surface area (Å²) in [5, 5.41) is 5.97. The van der Waals surface area contributed by atoms with Crippen LogP contribution in [-0.2, 0) is 13.0 Å². The van der Waals surface area contributed by atoms with Crippen molar-refractivity contribution in [3.05, 3.63) is 105 Å². The molecule has 3 amide bonds. The number of aryl methyl sites for hydroxylation is 1. The number of benzene rings is 2. The van der Waals surface area contributed by atoms with Gasteiger partial charge in [0.2, 0.25) is 0 Å². The molecule has 3 heterocycles. The SMILES string of the molecule is Cc1nc(-c2ccc(CCNC(=O)c3ccc4c(c3)C(=O)N(Cc3ccccn3)C4=O)cc2)cs1. The number of imide groups is 1. The molecule has 1 aliphatic rings. The Labute approximate surface area is 206 Å². The predicted octanol–water partition coefficient (Wildman–Crippen LogP) is 4.28. The number of carbonyl (C=O) groups excluding carboxylic acids is 3. The summed E-state index contributed by atoms with van der Waals surface area (Å²) < 4.78 is 0. The number of carbonyl (C=O) groups is 3. The third kappa shape index (κ3) is 4.74. The van der Waals surface area contributed by atoms with Gasteiger partial charge in [-0.15, -0.1) is 11.3 Å². The Morgan fingerprint density at radius 1 is 1.00 bits per heavy atom. The molecule has 1 aliphatic heterocycles. The van der Waals surface area contributed by atoms with Gasteiger partial charge in [-0.3, -0.25) is 24.3 Å². The number of pyridine rings is 1. The zero-order valence-corrected chi connectivity index (χ0v) is 19.8. The molecule has 0 saturated heterocycles. The van der Waals surface area contributed by atoms with Crippen LogP contribution in [0.2, 0.25) is 0 Å². The van der Waals surface area contributed by atoms with Crippen LogP contribution in [0.1, 0.15) is 47.3 Å². The molecule has 35 heavy (non-hydrogen) atoms. The van der Waals surface area contributed by atoms with Crippen LogP contribution in [0.25, 0.3) is 11.3 Å². The van der Waals surface area contributed by atoms with E-state index in [1.54, 1.807) is 47.9 Å². The van der Waals surface area contributed by atoms with Gasteiger partial charge in [-0.25, -0.2) is 4.98 Å². The van der Waals surface area contributed by atoms with E-state index < -0.39 is 5.91 Å². The average molecular weight is 483 g/mol. The number of fused-ring (bicyclic) bond motifs is 1. The van der Waals surface area contributed by atoms with E-state index in [4.69, 9.17) is 0 Å². The summed E-state index contributed by atoms with van der Waals surface area (Å²) in [6, 6.07) is 18.1. The molecule has 1 N–H and O–H groups in total. The zero-order valence-electron chi connectivity index (χ0n) is 19.0. The third-order valence-corrected chi connectivity index (χ3v) is 6.62. The molecule has 7 nitrogen and oxygen atoms in total. The van der Waals surface area contributed by atoms with Crippen LogP contribution in [0, 0.1) is 6.92 Å². The molecule has 0 saturated carbocycles. The van der Waals surface area contributed by atoms with E-state index in [1.165, 1.54) is 6.07 Å². The summed E-state index contributed by atoms with van der Waals surface area (Å²) in [6.45, 7) is 2.53. The van der Waals surface area contributed by atoms with Crippen LogP contribution in [0.5, 0.6) is 0 Å². The maximum atomic E-state index is 12.9. The van der Waals surface area contributed by atoms with E-state index in [2.05, 4.69) is 15.3 Å². The first kappa shape index (κ1) is 22.6. The smallest absolute Gasteiger partial charge is 0.261 e. The molecule has 0 atom stereocenters. The number of nitrogens with one attached hydrogen (secondary N) is 1. The van der Waals surface area contributed by atoms with E-state index >= 15 is 0 Å². The van der Waals surface area contributed by atoms with Gasteiger partial charge in [0.1, 0.15) is 0 Å². The standard InChI is InChI=1S/C27H22N4O3S/c1-17-30-24(16-35-17)19-7-5-18(6-8-19)11-13-29-25(32)20-9-10-22-23(14-20)27(34)31(26(22)33)15-21-4-2-3-12-28-21/h2-10,12,14,16H,11,13,15H2,1H3,(H,29,32). The summed E-state index contributed by atoms with van der Waals surface area (Å²) >= 11 is 1.62. The number of amides is 3. The van der Waals surface area contributed by atoms with Crippen molar-refractivity contribution in [2.24, 2.45) is 0 Å². The van der Waals surface area contributed by atoms with Crippen molar-refractivity contribution in [3.8, 4) is 11.3 Å². The highest BCUT2D eigenvalue weighted by Crippen LogP contribution is 2.25. The lowest BCUT2D eigenvalue weighted by Gasteiger charge is -2.12. The Kier molecular flexibility index (Phi) is 6.20. The highest BCUT2D eigenvalue weighted by molar-refractivity contribution is 7.09. The Morgan fingerprint density at radius 3 is 2.51 bits per heavy atom. The van der Waals surface area contributed by atoms with Crippen molar-refractivity contribution >= 4 is 29.1 Å².